The number of hydrogen-bond acceptors (Lipinski definition) is 6. The van der Waals surface area contributed by atoms with Crippen molar-refractivity contribution in [2.75, 3.05) is 30.5 Å². The van der Waals surface area contributed by atoms with Crippen molar-refractivity contribution in [3.05, 3.63) is 59.9 Å². The number of methoxy groups -OCH3 is 1. The number of esters is 1. The van der Waals surface area contributed by atoms with Gasteiger partial charge in [0.2, 0.25) is 5.91 Å². The highest BCUT2D eigenvalue weighted by molar-refractivity contribution is 8.00. The average molecular weight is 420 g/mol. The highest BCUT2D eigenvalue weighted by atomic mass is 32.2. The number of benzene rings is 2. The van der Waals surface area contributed by atoms with E-state index >= 15 is 0 Å². The number of para-hydroxylation sites is 1. The molecule has 0 fully saturated rings. The Labute approximate surface area is 172 Å². The fourth-order valence-corrected chi connectivity index (χ4v) is 2.81. The summed E-state index contributed by atoms with van der Waals surface area (Å²) in [6.45, 7) is -0.136. The van der Waals surface area contributed by atoms with E-state index in [1.165, 1.54) is 18.2 Å². The van der Waals surface area contributed by atoms with Crippen LogP contribution >= 0.6 is 11.8 Å². The van der Waals surface area contributed by atoms with Crippen LogP contribution in [0.25, 0.3) is 0 Å². The van der Waals surface area contributed by atoms with Crippen LogP contribution in [-0.2, 0) is 25.7 Å². The fourth-order valence-electron chi connectivity index (χ4n) is 2.20. The second-order valence-electron chi connectivity index (χ2n) is 5.81. The van der Waals surface area contributed by atoms with Crippen molar-refractivity contribution in [1.82, 2.24) is 5.32 Å². The number of thioether (sulfide) groups is 1. The molecule has 154 valence electrons. The molecule has 0 heterocycles. The van der Waals surface area contributed by atoms with Gasteiger partial charge in [0.15, 0.2) is 6.61 Å². The number of amides is 2. The van der Waals surface area contributed by atoms with Gasteiger partial charge in [-0.05, 0) is 29.8 Å². The first-order chi connectivity index (χ1) is 14.0. The maximum Gasteiger partial charge on any atom is 0.316 e. The van der Waals surface area contributed by atoms with Gasteiger partial charge < -0.3 is 20.1 Å². The van der Waals surface area contributed by atoms with Gasteiger partial charge in [0.05, 0.1) is 24.3 Å². The molecule has 0 atom stereocenters. The highest BCUT2D eigenvalue weighted by Crippen LogP contribution is 2.13. The lowest BCUT2D eigenvalue weighted by Gasteiger charge is -2.08. The number of ether oxygens (including phenoxy) is 2. The predicted molar refractivity (Wildman–Crippen MR) is 108 cm³/mol. The number of halogens is 1. The number of carbonyl (C=O) groups is 3. The van der Waals surface area contributed by atoms with Gasteiger partial charge in [-0.2, -0.15) is 0 Å². The van der Waals surface area contributed by atoms with Gasteiger partial charge >= 0.3 is 5.97 Å². The zero-order chi connectivity index (χ0) is 21.1. The largest absolute Gasteiger partial charge is 0.497 e. The van der Waals surface area contributed by atoms with E-state index in [1.54, 1.807) is 31.4 Å². The van der Waals surface area contributed by atoms with Crippen LogP contribution in [0.3, 0.4) is 0 Å². The Morgan fingerprint density at radius 3 is 2.59 bits per heavy atom. The molecule has 0 radical (unpaired) electrons. The fraction of sp³-hybridized carbons (Fsp3) is 0.250. The number of anilines is 1. The molecule has 0 aromatic heterocycles. The molecule has 29 heavy (non-hydrogen) atoms. The molecule has 2 rings (SSSR count). The summed E-state index contributed by atoms with van der Waals surface area (Å²) in [5.74, 6) is -1.51. The highest BCUT2D eigenvalue weighted by Gasteiger charge is 2.11. The van der Waals surface area contributed by atoms with E-state index < -0.39 is 30.2 Å². The number of nitrogens with one attached hydrogen (secondary N) is 2. The Morgan fingerprint density at radius 2 is 1.83 bits per heavy atom. The van der Waals surface area contributed by atoms with Crippen molar-refractivity contribution in [1.29, 1.82) is 0 Å². The van der Waals surface area contributed by atoms with Crippen LogP contribution in [-0.4, -0.2) is 43.0 Å². The van der Waals surface area contributed by atoms with Crippen molar-refractivity contribution < 1.29 is 28.2 Å². The Hall–Kier alpha value is -3.07. The van der Waals surface area contributed by atoms with Gasteiger partial charge in [-0.3, -0.25) is 14.4 Å². The van der Waals surface area contributed by atoms with Crippen LogP contribution in [0.4, 0.5) is 10.1 Å². The lowest BCUT2D eigenvalue weighted by Crippen LogP contribution is -2.28. The van der Waals surface area contributed by atoms with Crippen LogP contribution in [0.15, 0.2) is 48.5 Å². The molecule has 9 heteroatoms. The molecule has 7 nitrogen and oxygen atoms in total. The molecule has 0 aliphatic rings. The Morgan fingerprint density at radius 1 is 1.03 bits per heavy atom. The monoisotopic (exact) mass is 420 g/mol. The normalized spacial score (nSPS) is 10.1. The minimum atomic E-state index is -0.620. The van der Waals surface area contributed by atoms with Crippen LogP contribution in [0.1, 0.15) is 5.56 Å². The zero-order valence-corrected chi connectivity index (χ0v) is 16.6. The van der Waals surface area contributed by atoms with Crippen molar-refractivity contribution >= 4 is 35.2 Å². The van der Waals surface area contributed by atoms with Gasteiger partial charge in [-0.15, -0.1) is 11.8 Å². The molecular weight excluding hydrogens is 399 g/mol. The molecule has 2 aromatic carbocycles. The summed E-state index contributed by atoms with van der Waals surface area (Å²) < 4.78 is 23.4. The summed E-state index contributed by atoms with van der Waals surface area (Å²) in [5, 5.41) is 5.05. The molecule has 2 aromatic rings. The molecule has 0 spiro atoms. The van der Waals surface area contributed by atoms with Crippen molar-refractivity contribution in [2.24, 2.45) is 0 Å². The lowest BCUT2D eigenvalue weighted by atomic mass is 10.2. The van der Waals surface area contributed by atoms with Gasteiger partial charge in [0, 0.05) is 6.54 Å². The van der Waals surface area contributed by atoms with E-state index in [1.807, 2.05) is 6.07 Å². The second kappa shape index (κ2) is 11.7. The summed E-state index contributed by atoms with van der Waals surface area (Å²) in [5.41, 5.74) is 0.925. The molecule has 0 unspecified atom stereocenters. The Kier molecular flexibility index (Phi) is 8.97. The SMILES string of the molecule is COc1cccc(CNC(=O)COC(=O)CSCC(=O)Nc2ccccc2F)c1. The van der Waals surface area contributed by atoms with Gasteiger partial charge in [0.25, 0.3) is 5.91 Å². The molecule has 0 saturated carbocycles. The zero-order valence-electron chi connectivity index (χ0n) is 15.8. The summed E-state index contributed by atoms with van der Waals surface area (Å²) in [6.07, 6.45) is 0. The summed E-state index contributed by atoms with van der Waals surface area (Å²) >= 11 is 1.01. The molecular formula is C20H21FN2O5S. The van der Waals surface area contributed by atoms with Crippen LogP contribution in [0.5, 0.6) is 5.75 Å². The third kappa shape index (κ3) is 8.22. The molecule has 2 amide bonds. The lowest BCUT2D eigenvalue weighted by molar-refractivity contribution is -0.145. The predicted octanol–water partition coefficient (Wildman–Crippen LogP) is 2.37. The summed E-state index contributed by atoms with van der Waals surface area (Å²) in [4.78, 5) is 35.2. The van der Waals surface area contributed by atoms with Gasteiger partial charge in [-0.1, -0.05) is 24.3 Å². The van der Waals surface area contributed by atoms with Crippen LogP contribution < -0.4 is 15.4 Å². The topological polar surface area (TPSA) is 93.7 Å². The van der Waals surface area contributed by atoms with E-state index in [-0.39, 0.29) is 23.7 Å². The van der Waals surface area contributed by atoms with Crippen LogP contribution in [0, 0.1) is 5.82 Å². The van der Waals surface area contributed by atoms with E-state index in [2.05, 4.69) is 10.6 Å². The van der Waals surface area contributed by atoms with E-state index in [0.29, 0.717) is 5.75 Å². The maximum atomic E-state index is 13.4. The number of hydrogen-bond donors (Lipinski definition) is 2. The molecule has 0 aliphatic heterocycles. The quantitative estimate of drug-likeness (QED) is 0.573. The molecule has 0 saturated heterocycles. The standard InChI is InChI=1S/C20H21FN2O5S/c1-27-15-6-4-5-14(9-15)10-22-18(24)11-28-20(26)13-29-12-19(25)23-17-8-3-2-7-16(17)21/h2-9H,10-13H2,1H3,(H,22,24)(H,23,25). The van der Waals surface area contributed by atoms with E-state index in [0.717, 1.165) is 17.3 Å². The van der Waals surface area contributed by atoms with Crippen molar-refractivity contribution in [2.45, 2.75) is 6.54 Å². The Balaban J connectivity index is 1.60. The number of carbonyl (C=O) groups excluding carboxylic acids is 3. The minimum Gasteiger partial charge on any atom is -0.497 e. The first-order valence-electron chi connectivity index (χ1n) is 8.65. The molecule has 0 bridgehead atoms. The summed E-state index contributed by atoms with van der Waals surface area (Å²) in [7, 11) is 1.55. The molecule has 0 aliphatic carbocycles. The number of rotatable bonds is 10. The van der Waals surface area contributed by atoms with E-state index in [9.17, 15) is 18.8 Å². The molecule has 2 N–H and O–H groups in total. The average Bonchev–Trinajstić information content (AvgIpc) is 2.72. The third-order valence-corrected chi connectivity index (χ3v) is 4.50. The first-order valence-corrected chi connectivity index (χ1v) is 9.81. The smallest absolute Gasteiger partial charge is 0.316 e. The van der Waals surface area contributed by atoms with E-state index in [4.69, 9.17) is 9.47 Å². The van der Waals surface area contributed by atoms with Gasteiger partial charge in [0.1, 0.15) is 11.6 Å². The van der Waals surface area contributed by atoms with Crippen molar-refractivity contribution in [3.63, 3.8) is 0 Å². The second-order valence-corrected chi connectivity index (χ2v) is 6.80. The summed E-state index contributed by atoms with van der Waals surface area (Å²) in [6, 6.07) is 13.0. The van der Waals surface area contributed by atoms with Crippen molar-refractivity contribution in [3.8, 4) is 5.75 Å². The third-order valence-electron chi connectivity index (χ3n) is 3.59. The maximum absolute atomic E-state index is 13.4. The Bertz CT molecular complexity index is 862. The minimum absolute atomic E-state index is 0.0501. The first kappa shape index (κ1) is 22.2. The van der Waals surface area contributed by atoms with Gasteiger partial charge in [-0.25, -0.2) is 4.39 Å². The van der Waals surface area contributed by atoms with Crippen LogP contribution in [0.2, 0.25) is 0 Å².